The Morgan fingerprint density at radius 1 is 1.19 bits per heavy atom. The molecule has 1 amide bonds. The Morgan fingerprint density at radius 3 is 2.55 bits per heavy atom. The summed E-state index contributed by atoms with van der Waals surface area (Å²) in [5.74, 6) is 3.18. The second-order valence-corrected chi connectivity index (χ2v) is 7.25. The molecule has 9 heteroatoms. The highest BCUT2D eigenvalue weighted by Gasteiger charge is 2.22. The van der Waals surface area contributed by atoms with Crippen molar-refractivity contribution in [1.29, 1.82) is 0 Å². The predicted octanol–water partition coefficient (Wildman–Crippen LogP) is 3.00. The lowest BCUT2D eigenvalue weighted by molar-refractivity contribution is -0.121. The van der Waals surface area contributed by atoms with Gasteiger partial charge in [-0.05, 0) is 30.5 Å². The molecule has 0 bridgehead atoms. The minimum absolute atomic E-state index is 0.0944. The third-order valence-corrected chi connectivity index (χ3v) is 4.91. The van der Waals surface area contributed by atoms with Crippen LogP contribution < -0.4 is 14.8 Å². The van der Waals surface area contributed by atoms with Gasteiger partial charge in [0.05, 0.1) is 14.2 Å². The topological polar surface area (TPSA) is 104 Å². The van der Waals surface area contributed by atoms with Gasteiger partial charge in [-0.25, -0.2) is 4.98 Å². The van der Waals surface area contributed by atoms with E-state index in [0.29, 0.717) is 48.3 Å². The van der Waals surface area contributed by atoms with E-state index in [9.17, 15) is 4.79 Å². The summed E-state index contributed by atoms with van der Waals surface area (Å²) in [5, 5.41) is 7.04. The zero-order chi connectivity index (χ0) is 22.2. The van der Waals surface area contributed by atoms with Crippen molar-refractivity contribution in [2.24, 2.45) is 7.05 Å². The quantitative estimate of drug-likeness (QED) is 0.501. The number of rotatable bonds is 11. The zero-order valence-electron chi connectivity index (χ0n) is 18.4. The van der Waals surface area contributed by atoms with Gasteiger partial charge >= 0.3 is 0 Å². The molecule has 9 nitrogen and oxygen atoms in total. The number of nitrogens with zero attached hydrogens (tertiary/aromatic N) is 4. The van der Waals surface area contributed by atoms with E-state index in [-0.39, 0.29) is 5.91 Å². The Kier molecular flexibility index (Phi) is 7.64. The van der Waals surface area contributed by atoms with Crippen molar-refractivity contribution in [3.8, 4) is 11.5 Å². The maximum Gasteiger partial charge on any atom is 0.226 e. The molecule has 0 spiro atoms. The van der Waals surface area contributed by atoms with Crippen LogP contribution in [-0.4, -0.2) is 39.8 Å². The van der Waals surface area contributed by atoms with E-state index >= 15 is 0 Å². The average Bonchev–Trinajstić information content (AvgIpc) is 3.40. The first-order chi connectivity index (χ1) is 15.0. The van der Waals surface area contributed by atoms with Crippen LogP contribution in [0.2, 0.25) is 0 Å². The van der Waals surface area contributed by atoms with Crippen molar-refractivity contribution >= 4 is 5.91 Å². The lowest BCUT2D eigenvalue weighted by atomic mass is 10.0. The summed E-state index contributed by atoms with van der Waals surface area (Å²) in [4.78, 5) is 21.5. The van der Waals surface area contributed by atoms with Gasteiger partial charge < -0.3 is 23.9 Å². The van der Waals surface area contributed by atoms with Crippen LogP contribution >= 0.6 is 0 Å². The van der Waals surface area contributed by atoms with E-state index in [1.54, 1.807) is 26.5 Å². The molecular formula is C22H29N5O4. The molecule has 1 atom stereocenters. The van der Waals surface area contributed by atoms with E-state index in [2.05, 4.69) is 27.4 Å². The van der Waals surface area contributed by atoms with Crippen molar-refractivity contribution in [3.63, 3.8) is 0 Å². The fourth-order valence-corrected chi connectivity index (χ4v) is 3.30. The summed E-state index contributed by atoms with van der Waals surface area (Å²) in [6, 6.07) is 5.08. The molecule has 1 aromatic carbocycles. The molecule has 166 valence electrons. The van der Waals surface area contributed by atoms with Crippen molar-refractivity contribution < 1.29 is 18.8 Å². The van der Waals surface area contributed by atoms with Gasteiger partial charge in [0.15, 0.2) is 5.82 Å². The van der Waals surface area contributed by atoms with Gasteiger partial charge in [-0.2, -0.15) is 4.98 Å². The molecule has 0 radical (unpaired) electrons. The number of hydrogen-bond acceptors (Lipinski definition) is 7. The van der Waals surface area contributed by atoms with E-state index in [4.69, 9.17) is 14.0 Å². The molecule has 1 N–H and O–H groups in total. The molecule has 3 rings (SSSR count). The zero-order valence-corrected chi connectivity index (χ0v) is 18.4. The van der Waals surface area contributed by atoms with Crippen LogP contribution in [0.3, 0.4) is 0 Å². The molecule has 0 saturated heterocycles. The minimum Gasteiger partial charge on any atom is -0.497 e. The van der Waals surface area contributed by atoms with Crippen molar-refractivity contribution in [2.75, 3.05) is 14.2 Å². The number of hydrogen-bond donors (Lipinski definition) is 1. The number of aryl methyl sites for hydroxylation is 3. The largest absolute Gasteiger partial charge is 0.497 e. The van der Waals surface area contributed by atoms with Crippen LogP contribution in [0.1, 0.15) is 55.3 Å². The third-order valence-electron chi connectivity index (χ3n) is 4.91. The molecule has 0 fully saturated rings. The Balaban J connectivity index is 1.70. The summed E-state index contributed by atoms with van der Waals surface area (Å²) in [7, 11) is 5.08. The molecule has 0 aliphatic rings. The van der Waals surface area contributed by atoms with Gasteiger partial charge in [0.1, 0.15) is 23.4 Å². The molecule has 3 aromatic rings. The van der Waals surface area contributed by atoms with E-state index in [1.165, 1.54) is 0 Å². The fraction of sp³-hybridized carbons (Fsp3) is 0.455. The first-order valence-corrected chi connectivity index (χ1v) is 10.3. The van der Waals surface area contributed by atoms with Crippen LogP contribution in [0.15, 0.2) is 35.1 Å². The van der Waals surface area contributed by atoms with Crippen LogP contribution in [0.4, 0.5) is 0 Å². The van der Waals surface area contributed by atoms with Crippen molar-refractivity contribution in [2.45, 2.75) is 45.1 Å². The highest BCUT2D eigenvalue weighted by molar-refractivity contribution is 5.76. The van der Waals surface area contributed by atoms with Crippen molar-refractivity contribution in [3.05, 3.63) is 53.7 Å². The molecule has 1 unspecified atom stereocenters. The number of benzene rings is 1. The molecule has 0 aliphatic heterocycles. The summed E-state index contributed by atoms with van der Waals surface area (Å²) in [5.41, 5.74) is 0.819. The molecule has 31 heavy (non-hydrogen) atoms. The number of ether oxygens (including phenoxy) is 2. The number of imidazole rings is 1. The Hall–Kier alpha value is -3.36. The van der Waals surface area contributed by atoms with Crippen LogP contribution in [0, 0.1) is 0 Å². The number of amides is 1. The molecule has 2 aromatic heterocycles. The second-order valence-electron chi connectivity index (χ2n) is 7.25. The number of nitrogens with one attached hydrogen (secondary N) is 1. The smallest absolute Gasteiger partial charge is 0.226 e. The van der Waals surface area contributed by atoms with E-state index in [1.807, 2.05) is 29.9 Å². The minimum atomic E-state index is -0.448. The summed E-state index contributed by atoms with van der Waals surface area (Å²) < 4.78 is 17.9. The lowest BCUT2D eigenvalue weighted by Gasteiger charge is -2.20. The van der Waals surface area contributed by atoms with Crippen LogP contribution in [-0.2, 0) is 24.7 Å². The third kappa shape index (κ3) is 5.84. The predicted molar refractivity (Wildman–Crippen MR) is 114 cm³/mol. The van der Waals surface area contributed by atoms with Gasteiger partial charge in [-0.15, -0.1) is 0 Å². The Morgan fingerprint density at radius 2 is 1.94 bits per heavy atom. The lowest BCUT2D eigenvalue weighted by Crippen LogP contribution is -2.31. The first kappa shape index (κ1) is 22.3. The Labute approximate surface area is 181 Å². The number of aromatic nitrogens is 4. The summed E-state index contributed by atoms with van der Waals surface area (Å²) in [6.07, 6.45) is 6.79. The fourth-order valence-electron chi connectivity index (χ4n) is 3.30. The number of carbonyl (C=O) groups is 1. The van der Waals surface area contributed by atoms with E-state index < -0.39 is 6.04 Å². The van der Waals surface area contributed by atoms with Gasteiger partial charge in [0.2, 0.25) is 11.8 Å². The van der Waals surface area contributed by atoms with Crippen molar-refractivity contribution in [1.82, 2.24) is 25.0 Å². The molecule has 0 aliphatic carbocycles. The summed E-state index contributed by atoms with van der Waals surface area (Å²) >= 11 is 0. The first-order valence-electron chi connectivity index (χ1n) is 10.3. The maximum atomic E-state index is 12.8. The molecule has 2 heterocycles. The highest BCUT2D eigenvalue weighted by atomic mass is 16.5. The molecular weight excluding hydrogens is 398 g/mol. The maximum absolute atomic E-state index is 12.8. The average molecular weight is 428 g/mol. The number of methoxy groups -OCH3 is 2. The monoisotopic (exact) mass is 427 g/mol. The Bertz CT molecular complexity index is 975. The van der Waals surface area contributed by atoms with E-state index in [0.717, 1.165) is 18.4 Å². The molecule has 0 saturated carbocycles. The second kappa shape index (κ2) is 10.6. The van der Waals surface area contributed by atoms with Crippen LogP contribution in [0.5, 0.6) is 11.5 Å². The van der Waals surface area contributed by atoms with Crippen LogP contribution in [0.25, 0.3) is 0 Å². The van der Waals surface area contributed by atoms with Gasteiger partial charge in [-0.3, -0.25) is 4.79 Å². The SMILES string of the molecule is CCCc1noc(CCCC(=O)NC(c2cc(OC)cc(OC)c2)c2nccn2C)n1. The van der Waals surface area contributed by atoms with Gasteiger partial charge in [-0.1, -0.05) is 12.1 Å². The normalized spacial score (nSPS) is 11.9. The standard InChI is InChI=1S/C22H29N5O4/c1-5-7-18-24-20(31-26-18)9-6-8-19(28)25-21(22-23-10-11-27(22)2)15-12-16(29-3)14-17(13-15)30-4/h10-14,21H,5-9H2,1-4H3,(H,25,28). The number of carbonyl (C=O) groups excluding carboxylic acids is 1. The van der Waals surface area contributed by atoms with Gasteiger partial charge in [0, 0.05) is 44.8 Å². The highest BCUT2D eigenvalue weighted by Crippen LogP contribution is 2.29. The van der Waals surface area contributed by atoms with Gasteiger partial charge in [0.25, 0.3) is 0 Å². The summed E-state index contributed by atoms with van der Waals surface area (Å²) in [6.45, 7) is 2.07.